The molecule has 86 valence electrons. The summed E-state index contributed by atoms with van der Waals surface area (Å²) in [7, 11) is -1.04. The molecule has 1 aromatic rings. The summed E-state index contributed by atoms with van der Waals surface area (Å²) >= 11 is 5.05. The Kier molecular flexibility index (Phi) is 4.52. The van der Waals surface area contributed by atoms with Crippen molar-refractivity contribution in [1.82, 2.24) is 4.98 Å². The van der Waals surface area contributed by atoms with Crippen molar-refractivity contribution in [1.29, 1.82) is 0 Å². The maximum Gasteiger partial charge on any atom is 0.171 e. The number of hydrogen-bond donors (Lipinski definition) is 0. The summed E-state index contributed by atoms with van der Waals surface area (Å²) in [5.41, 5.74) is 0.106. The van der Waals surface area contributed by atoms with Gasteiger partial charge in [0.05, 0.1) is 0 Å². The third kappa shape index (κ3) is 3.98. The Morgan fingerprint density at radius 3 is 2.40 bits per heavy atom. The smallest absolute Gasteiger partial charge is 0.171 e. The molecule has 0 spiro atoms. The second kappa shape index (κ2) is 5.08. The molecule has 0 aromatic carbocycles. The van der Waals surface area contributed by atoms with E-state index in [-0.39, 0.29) is 11.5 Å². The first-order valence-corrected chi connectivity index (χ1v) is 9.52. The highest BCUT2D eigenvalue weighted by atomic mass is 79.9. The lowest BCUT2D eigenvalue weighted by Crippen LogP contribution is -2.25. The van der Waals surface area contributed by atoms with Crippen LogP contribution in [0.15, 0.2) is 9.98 Å². The lowest BCUT2D eigenvalue weighted by atomic mass is 9.90. The van der Waals surface area contributed by atoms with Crippen molar-refractivity contribution in [2.45, 2.75) is 40.0 Å². The predicted molar refractivity (Wildman–Crippen MR) is 72.0 cm³/mol. The molecule has 0 bridgehead atoms. The van der Waals surface area contributed by atoms with E-state index < -0.39 is 9.04 Å². The van der Waals surface area contributed by atoms with Crippen molar-refractivity contribution in [2.24, 2.45) is 5.41 Å². The molecule has 15 heavy (non-hydrogen) atoms. The zero-order valence-corrected chi connectivity index (χ0v) is 13.4. The van der Waals surface area contributed by atoms with E-state index in [1.54, 1.807) is 11.3 Å². The van der Waals surface area contributed by atoms with Crippen molar-refractivity contribution in [3.63, 3.8) is 0 Å². The van der Waals surface area contributed by atoms with E-state index in [4.69, 9.17) is 4.43 Å². The lowest BCUT2D eigenvalue weighted by molar-refractivity contribution is 0.0862. The van der Waals surface area contributed by atoms with Crippen LogP contribution in [0, 0.1) is 5.41 Å². The monoisotopic (exact) mass is 307 g/mol. The highest BCUT2D eigenvalue weighted by molar-refractivity contribution is 9.10. The van der Waals surface area contributed by atoms with Gasteiger partial charge in [-0.05, 0) is 34.4 Å². The van der Waals surface area contributed by atoms with Gasteiger partial charge in [-0.25, -0.2) is 4.98 Å². The fourth-order valence-electron chi connectivity index (χ4n) is 1.29. The van der Waals surface area contributed by atoms with Crippen LogP contribution in [0.4, 0.5) is 0 Å². The lowest BCUT2D eigenvalue weighted by Gasteiger charge is -2.30. The van der Waals surface area contributed by atoms with Crippen molar-refractivity contribution >= 4 is 36.3 Å². The minimum atomic E-state index is -1.04. The van der Waals surface area contributed by atoms with E-state index >= 15 is 0 Å². The highest BCUT2D eigenvalue weighted by Crippen LogP contribution is 2.38. The van der Waals surface area contributed by atoms with Crippen LogP contribution >= 0.6 is 27.3 Å². The minimum absolute atomic E-state index is 0.106. The van der Waals surface area contributed by atoms with Crippen molar-refractivity contribution in [2.75, 3.05) is 0 Å². The van der Waals surface area contributed by atoms with E-state index in [9.17, 15) is 0 Å². The number of nitrogens with zero attached hydrogens (tertiary/aromatic N) is 1. The molecule has 1 atom stereocenters. The first-order chi connectivity index (χ1) is 6.80. The van der Waals surface area contributed by atoms with Crippen LogP contribution in [0.1, 0.15) is 31.9 Å². The summed E-state index contributed by atoms with van der Waals surface area (Å²) < 4.78 is 6.99. The Morgan fingerprint density at radius 2 is 2.07 bits per heavy atom. The molecule has 0 amide bonds. The topological polar surface area (TPSA) is 22.1 Å². The molecular formula is C10H18BrNOSSi. The molecule has 0 saturated heterocycles. The summed E-state index contributed by atoms with van der Waals surface area (Å²) in [4.78, 5) is 4.46. The second-order valence-corrected chi connectivity index (χ2v) is 9.01. The normalized spacial score (nSPS) is 14.6. The quantitative estimate of drug-likeness (QED) is 0.788. The van der Waals surface area contributed by atoms with Crippen LogP contribution in [0.3, 0.4) is 0 Å². The van der Waals surface area contributed by atoms with E-state index in [0.29, 0.717) is 0 Å². The molecule has 0 aliphatic carbocycles. The Morgan fingerprint density at radius 1 is 1.47 bits per heavy atom. The summed E-state index contributed by atoms with van der Waals surface area (Å²) in [5, 5.41) is 3.09. The standard InChI is InChI=1S/C10H18BrNOSSi/c1-10(2,3)8(13-15(4)5)9-12-7(11)6-14-9/h6,8,15H,1-5H3. The Labute approximate surface area is 106 Å². The molecule has 0 fully saturated rings. The average Bonchev–Trinajstić information content (AvgIpc) is 2.45. The minimum Gasteiger partial charge on any atom is -0.411 e. The predicted octanol–water partition coefficient (Wildman–Crippen LogP) is 3.99. The summed E-state index contributed by atoms with van der Waals surface area (Å²) in [6.07, 6.45) is 0.125. The van der Waals surface area contributed by atoms with Crippen molar-refractivity contribution in [3.8, 4) is 0 Å². The molecule has 2 nitrogen and oxygen atoms in total. The summed E-state index contributed by atoms with van der Waals surface area (Å²) in [6.45, 7) is 11.0. The zero-order valence-electron chi connectivity index (χ0n) is 9.87. The van der Waals surface area contributed by atoms with E-state index in [0.717, 1.165) is 9.61 Å². The summed E-state index contributed by atoms with van der Waals surface area (Å²) in [5.74, 6) is 0. The zero-order chi connectivity index (χ0) is 11.6. The number of hydrogen-bond acceptors (Lipinski definition) is 3. The van der Waals surface area contributed by atoms with Gasteiger partial charge in [-0.3, -0.25) is 0 Å². The SMILES string of the molecule is C[SiH](C)OC(c1nc(Br)cs1)C(C)(C)C. The van der Waals surface area contributed by atoms with Gasteiger partial charge in [0, 0.05) is 5.38 Å². The molecule has 0 N–H and O–H groups in total. The Bertz CT molecular complexity index is 321. The van der Waals surface area contributed by atoms with E-state index in [1.165, 1.54) is 0 Å². The molecule has 1 unspecified atom stereocenters. The average molecular weight is 308 g/mol. The largest absolute Gasteiger partial charge is 0.411 e. The first kappa shape index (κ1) is 13.4. The van der Waals surface area contributed by atoms with Crippen LogP contribution in [-0.2, 0) is 4.43 Å². The molecule has 1 heterocycles. The third-order valence-electron chi connectivity index (χ3n) is 1.91. The van der Waals surface area contributed by atoms with E-state index in [2.05, 4.69) is 54.8 Å². The van der Waals surface area contributed by atoms with Gasteiger partial charge in [-0.2, -0.15) is 0 Å². The van der Waals surface area contributed by atoms with Crippen molar-refractivity contribution < 1.29 is 4.43 Å². The van der Waals surface area contributed by atoms with Gasteiger partial charge >= 0.3 is 0 Å². The number of halogens is 1. The molecule has 0 aliphatic heterocycles. The Hall–Kier alpha value is 0.287. The van der Waals surface area contributed by atoms with Gasteiger partial charge < -0.3 is 4.43 Å². The number of rotatable bonds is 3. The summed E-state index contributed by atoms with van der Waals surface area (Å²) in [6, 6.07) is 0. The second-order valence-electron chi connectivity index (χ2n) is 4.94. The maximum atomic E-state index is 6.08. The van der Waals surface area contributed by atoms with Crippen LogP contribution in [0.5, 0.6) is 0 Å². The first-order valence-electron chi connectivity index (χ1n) is 5.07. The number of thiazole rings is 1. The van der Waals surface area contributed by atoms with Gasteiger partial charge in [0.25, 0.3) is 0 Å². The number of aromatic nitrogens is 1. The molecule has 1 rings (SSSR count). The van der Waals surface area contributed by atoms with Crippen LogP contribution in [-0.4, -0.2) is 14.0 Å². The van der Waals surface area contributed by atoms with Crippen LogP contribution in [0.25, 0.3) is 0 Å². The molecular weight excluding hydrogens is 290 g/mol. The van der Waals surface area contributed by atoms with Gasteiger partial charge in [0.15, 0.2) is 9.04 Å². The van der Waals surface area contributed by atoms with Gasteiger partial charge in [0.1, 0.15) is 15.7 Å². The molecule has 0 radical (unpaired) electrons. The van der Waals surface area contributed by atoms with Gasteiger partial charge in [-0.15, -0.1) is 11.3 Å². The van der Waals surface area contributed by atoms with E-state index in [1.807, 2.05) is 5.38 Å². The fraction of sp³-hybridized carbons (Fsp3) is 0.700. The van der Waals surface area contributed by atoms with Crippen LogP contribution < -0.4 is 0 Å². The third-order valence-corrected chi connectivity index (χ3v) is 4.33. The van der Waals surface area contributed by atoms with Gasteiger partial charge in [-0.1, -0.05) is 20.8 Å². The highest BCUT2D eigenvalue weighted by Gasteiger charge is 2.30. The molecule has 5 heteroatoms. The van der Waals surface area contributed by atoms with Gasteiger partial charge in [0.2, 0.25) is 0 Å². The fourth-order valence-corrected chi connectivity index (χ4v) is 4.02. The Balaban J connectivity index is 2.91. The molecule has 1 aromatic heterocycles. The van der Waals surface area contributed by atoms with Crippen molar-refractivity contribution in [3.05, 3.63) is 15.0 Å². The maximum absolute atomic E-state index is 6.08. The molecule has 0 saturated carbocycles. The molecule has 0 aliphatic rings. The van der Waals surface area contributed by atoms with Crippen LogP contribution in [0.2, 0.25) is 13.1 Å².